The number of β-amino-alcohol motifs (C(OH)–C–C–N with tert-alkyl or cyclic N) is 1. The first-order chi connectivity index (χ1) is 14.0. The van der Waals surface area contributed by atoms with Gasteiger partial charge in [0.2, 0.25) is 5.91 Å². The molecule has 162 valence electrons. The Labute approximate surface area is 172 Å². The van der Waals surface area contributed by atoms with E-state index in [1.165, 1.54) is 0 Å². The maximum absolute atomic E-state index is 11.4. The van der Waals surface area contributed by atoms with Gasteiger partial charge in [-0.05, 0) is 37.6 Å². The highest BCUT2D eigenvalue weighted by atomic mass is 16.5. The Morgan fingerprint density at radius 3 is 2.86 bits per heavy atom. The molecule has 1 amide bonds. The van der Waals surface area contributed by atoms with E-state index in [2.05, 4.69) is 17.3 Å². The zero-order valence-electron chi connectivity index (χ0n) is 17.4. The van der Waals surface area contributed by atoms with Crippen molar-refractivity contribution in [3.63, 3.8) is 0 Å². The van der Waals surface area contributed by atoms with E-state index in [0.29, 0.717) is 37.2 Å². The Morgan fingerprint density at radius 1 is 1.34 bits per heavy atom. The average molecular weight is 408 g/mol. The largest absolute Gasteiger partial charge is 0.493 e. The molecule has 2 aliphatic rings. The molecule has 3 rings (SSSR count). The van der Waals surface area contributed by atoms with Crippen LogP contribution in [0.5, 0.6) is 11.5 Å². The highest BCUT2D eigenvalue weighted by Gasteiger charge is 2.21. The van der Waals surface area contributed by atoms with Crippen LogP contribution in [0.3, 0.4) is 0 Å². The molecule has 0 radical (unpaired) electrons. The summed E-state index contributed by atoms with van der Waals surface area (Å²) in [5.41, 5.74) is 1.16. The minimum Gasteiger partial charge on any atom is -0.493 e. The number of hydrogen-bond donors (Lipinski definition) is 2. The Balaban J connectivity index is 1.50. The first kappa shape index (κ1) is 21.8. The zero-order chi connectivity index (χ0) is 20.6. The maximum Gasteiger partial charge on any atom is 0.234 e. The molecule has 1 aromatic carbocycles. The number of ether oxygens (including phenoxy) is 3. The van der Waals surface area contributed by atoms with Crippen LogP contribution < -0.4 is 14.8 Å². The second-order valence-electron chi connectivity index (χ2n) is 7.79. The molecule has 2 saturated heterocycles. The molecule has 2 aliphatic heterocycles. The lowest BCUT2D eigenvalue weighted by Gasteiger charge is -2.31. The van der Waals surface area contributed by atoms with E-state index in [1.54, 1.807) is 7.11 Å². The zero-order valence-corrected chi connectivity index (χ0v) is 17.4. The van der Waals surface area contributed by atoms with E-state index < -0.39 is 6.10 Å². The highest BCUT2D eigenvalue weighted by Crippen LogP contribution is 2.29. The second-order valence-corrected chi connectivity index (χ2v) is 7.79. The number of amides is 1. The topological polar surface area (TPSA) is 83.5 Å². The van der Waals surface area contributed by atoms with Crippen LogP contribution in [0.25, 0.3) is 0 Å². The summed E-state index contributed by atoms with van der Waals surface area (Å²) in [7, 11) is 3.76. The van der Waals surface area contributed by atoms with Crippen LogP contribution in [0.1, 0.15) is 18.4 Å². The SMILES string of the molecule is COc1cc(CN(C)C2CCOCC2)ccc1OCC(O)CN1CCNC(=O)C1. The fourth-order valence-corrected chi connectivity index (χ4v) is 3.86. The van der Waals surface area contributed by atoms with Gasteiger partial charge in [-0.2, -0.15) is 0 Å². The van der Waals surface area contributed by atoms with Gasteiger partial charge in [0.25, 0.3) is 0 Å². The molecule has 2 fully saturated rings. The van der Waals surface area contributed by atoms with Crippen molar-refractivity contribution in [2.45, 2.75) is 31.5 Å². The predicted octanol–water partition coefficient (Wildman–Crippen LogP) is 0.478. The molecule has 1 atom stereocenters. The Kier molecular flexibility index (Phi) is 8.11. The Morgan fingerprint density at radius 2 is 2.14 bits per heavy atom. The number of piperazine rings is 1. The molecular weight excluding hydrogens is 374 g/mol. The Hall–Kier alpha value is -1.87. The summed E-state index contributed by atoms with van der Waals surface area (Å²) in [6.07, 6.45) is 1.45. The first-order valence-corrected chi connectivity index (χ1v) is 10.3. The molecule has 8 heteroatoms. The monoisotopic (exact) mass is 407 g/mol. The summed E-state index contributed by atoms with van der Waals surface area (Å²) < 4.78 is 16.7. The van der Waals surface area contributed by atoms with Crippen LogP contribution in [0.4, 0.5) is 0 Å². The summed E-state index contributed by atoms with van der Waals surface area (Å²) in [6.45, 7) is 4.72. The van der Waals surface area contributed by atoms with Crippen molar-refractivity contribution in [3.8, 4) is 11.5 Å². The quantitative estimate of drug-likeness (QED) is 0.616. The molecule has 1 aromatic rings. The van der Waals surface area contributed by atoms with E-state index in [-0.39, 0.29) is 12.5 Å². The van der Waals surface area contributed by atoms with E-state index in [1.807, 2.05) is 23.1 Å². The smallest absolute Gasteiger partial charge is 0.234 e. The summed E-state index contributed by atoms with van der Waals surface area (Å²) >= 11 is 0. The molecule has 0 aromatic heterocycles. The summed E-state index contributed by atoms with van der Waals surface area (Å²) in [5, 5.41) is 13.1. The first-order valence-electron chi connectivity index (χ1n) is 10.3. The lowest BCUT2D eigenvalue weighted by molar-refractivity contribution is -0.124. The van der Waals surface area contributed by atoms with Crippen molar-refractivity contribution in [1.29, 1.82) is 0 Å². The van der Waals surface area contributed by atoms with Gasteiger partial charge >= 0.3 is 0 Å². The van der Waals surface area contributed by atoms with Crippen molar-refractivity contribution in [1.82, 2.24) is 15.1 Å². The summed E-state index contributed by atoms with van der Waals surface area (Å²) in [4.78, 5) is 15.7. The van der Waals surface area contributed by atoms with Crippen molar-refractivity contribution < 1.29 is 24.1 Å². The molecule has 29 heavy (non-hydrogen) atoms. The van der Waals surface area contributed by atoms with E-state index in [9.17, 15) is 9.90 Å². The van der Waals surface area contributed by atoms with Crippen LogP contribution in [-0.2, 0) is 16.1 Å². The number of methoxy groups -OCH3 is 1. The van der Waals surface area contributed by atoms with E-state index >= 15 is 0 Å². The van der Waals surface area contributed by atoms with Crippen molar-refractivity contribution in [2.24, 2.45) is 0 Å². The van der Waals surface area contributed by atoms with Crippen molar-refractivity contribution >= 4 is 5.91 Å². The Bertz CT molecular complexity index is 666. The second kappa shape index (κ2) is 10.8. The molecule has 1 unspecified atom stereocenters. The van der Waals surface area contributed by atoms with Crippen LogP contribution in [0.2, 0.25) is 0 Å². The maximum atomic E-state index is 11.4. The van der Waals surface area contributed by atoms with Gasteiger partial charge in [-0.3, -0.25) is 14.6 Å². The minimum atomic E-state index is -0.676. The van der Waals surface area contributed by atoms with Crippen LogP contribution in [-0.4, -0.2) is 93.1 Å². The molecule has 0 bridgehead atoms. The van der Waals surface area contributed by atoms with Gasteiger partial charge in [0.05, 0.1) is 13.7 Å². The van der Waals surface area contributed by atoms with Crippen LogP contribution >= 0.6 is 0 Å². The lowest BCUT2D eigenvalue weighted by Crippen LogP contribution is -2.50. The van der Waals surface area contributed by atoms with Crippen LogP contribution in [0.15, 0.2) is 18.2 Å². The highest BCUT2D eigenvalue weighted by molar-refractivity contribution is 5.78. The van der Waals surface area contributed by atoms with Crippen molar-refractivity contribution in [3.05, 3.63) is 23.8 Å². The summed E-state index contributed by atoms with van der Waals surface area (Å²) in [6, 6.07) is 6.46. The molecular formula is C21H33N3O5. The number of rotatable bonds is 9. The molecule has 0 spiro atoms. The van der Waals surface area contributed by atoms with E-state index in [4.69, 9.17) is 14.2 Å². The lowest BCUT2D eigenvalue weighted by atomic mass is 10.1. The van der Waals surface area contributed by atoms with Gasteiger partial charge in [0.1, 0.15) is 12.7 Å². The molecule has 8 nitrogen and oxygen atoms in total. The number of hydrogen-bond acceptors (Lipinski definition) is 7. The standard InChI is InChI=1S/C21H33N3O5/c1-23(17-5-9-28-10-6-17)12-16-3-4-19(20(11-16)27-2)29-15-18(25)13-24-8-7-22-21(26)14-24/h3-4,11,17-18,25H,5-10,12-15H2,1-2H3,(H,22,26). The van der Waals surface area contributed by atoms with Crippen LogP contribution in [0, 0.1) is 0 Å². The fraction of sp³-hybridized carbons (Fsp3) is 0.667. The normalized spacial score (nSPS) is 19.8. The molecule has 0 saturated carbocycles. The van der Waals surface area contributed by atoms with Crippen molar-refractivity contribution in [2.75, 3.05) is 60.2 Å². The third-order valence-corrected chi connectivity index (χ3v) is 5.49. The number of carbonyl (C=O) groups is 1. The third-order valence-electron chi connectivity index (χ3n) is 5.49. The van der Waals surface area contributed by atoms with Gasteiger partial charge in [0.15, 0.2) is 11.5 Å². The fourth-order valence-electron chi connectivity index (χ4n) is 3.86. The van der Waals surface area contributed by atoms with Gasteiger partial charge in [-0.1, -0.05) is 6.07 Å². The molecule has 0 aliphatic carbocycles. The van der Waals surface area contributed by atoms with Gasteiger partial charge in [-0.15, -0.1) is 0 Å². The number of carbonyl (C=O) groups excluding carboxylic acids is 1. The predicted molar refractivity (Wildman–Crippen MR) is 109 cm³/mol. The molecule has 2 heterocycles. The van der Waals surface area contributed by atoms with Gasteiger partial charge in [-0.25, -0.2) is 0 Å². The number of benzene rings is 1. The van der Waals surface area contributed by atoms with Gasteiger partial charge in [0, 0.05) is 45.4 Å². The van der Waals surface area contributed by atoms with Gasteiger partial charge < -0.3 is 24.6 Å². The molecule has 2 N–H and O–H groups in total. The third kappa shape index (κ3) is 6.57. The number of nitrogens with zero attached hydrogens (tertiary/aromatic N) is 2. The average Bonchev–Trinajstić information content (AvgIpc) is 2.73. The number of nitrogens with one attached hydrogen (secondary N) is 1. The minimum absolute atomic E-state index is 0.00709. The summed E-state index contributed by atoms with van der Waals surface area (Å²) in [5.74, 6) is 1.26. The number of aliphatic hydroxyl groups excluding tert-OH is 1. The van der Waals surface area contributed by atoms with E-state index in [0.717, 1.165) is 44.7 Å². The number of aliphatic hydroxyl groups is 1.